The number of carbonyl (C=O) groups excluding carboxylic acids is 2. The Morgan fingerprint density at radius 1 is 0.971 bits per heavy atom. The van der Waals surface area contributed by atoms with E-state index in [0.29, 0.717) is 28.6 Å². The van der Waals surface area contributed by atoms with Gasteiger partial charge in [0.05, 0.1) is 16.3 Å². The molecule has 0 unspecified atom stereocenters. The standard InChI is InChI=1S/C24H23ClN4O5S/c1-13(2)16-5-9-18(10-6-16)29-23(30)20(25)21(24(29)31)26-17-7-11-19(12-8-17)35(32,33)28-22-14(3)15(4)27-34-22/h5-13,26,28H,1-4H3. The first-order valence-electron chi connectivity index (χ1n) is 10.7. The van der Waals surface area contributed by atoms with E-state index in [9.17, 15) is 18.0 Å². The van der Waals surface area contributed by atoms with Gasteiger partial charge in [0, 0.05) is 11.3 Å². The number of aryl methyl sites for hydroxylation is 1. The number of amides is 2. The number of nitrogens with one attached hydrogen (secondary N) is 2. The van der Waals surface area contributed by atoms with Crippen molar-refractivity contribution in [3.63, 3.8) is 0 Å². The molecule has 0 radical (unpaired) electrons. The summed E-state index contributed by atoms with van der Waals surface area (Å²) in [5.41, 5.74) is 2.93. The predicted octanol–water partition coefficient (Wildman–Crippen LogP) is 4.65. The van der Waals surface area contributed by atoms with Gasteiger partial charge in [-0.3, -0.25) is 9.59 Å². The van der Waals surface area contributed by atoms with E-state index in [4.69, 9.17) is 16.1 Å². The van der Waals surface area contributed by atoms with Crippen LogP contribution in [-0.4, -0.2) is 25.4 Å². The fourth-order valence-electron chi connectivity index (χ4n) is 3.41. The molecule has 1 aliphatic rings. The number of hydrogen-bond acceptors (Lipinski definition) is 7. The first-order chi connectivity index (χ1) is 16.5. The first kappa shape index (κ1) is 24.5. The van der Waals surface area contributed by atoms with Gasteiger partial charge in [-0.15, -0.1) is 0 Å². The monoisotopic (exact) mass is 514 g/mol. The van der Waals surface area contributed by atoms with E-state index in [2.05, 4.69) is 15.2 Å². The van der Waals surface area contributed by atoms with Crippen molar-refractivity contribution in [2.24, 2.45) is 0 Å². The van der Waals surface area contributed by atoms with Gasteiger partial charge in [-0.2, -0.15) is 0 Å². The summed E-state index contributed by atoms with van der Waals surface area (Å²) in [6, 6.07) is 12.7. The van der Waals surface area contributed by atoms with Crippen molar-refractivity contribution < 1.29 is 22.5 Å². The van der Waals surface area contributed by atoms with Crippen LogP contribution in [0.4, 0.5) is 17.3 Å². The molecule has 2 heterocycles. The molecule has 4 rings (SSSR count). The number of benzene rings is 2. The number of nitrogens with zero attached hydrogens (tertiary/aromatic N) is 2. The molecular formula is C24H23ClN4O5S. The highest BCUT2D eigenvalue weighted by atomic mass is 35.5. The Hall–Kier alpha value is -3.63. The second-order valence-corrected chi connectivity index (χ2v) is 10.4. The Bertz CT molecular complexity index is 1440. The van der Waals surface area contributed by atoms with Crippen LogP contribution in [0.25, 0.3) is 0 Å². The Morgan fingerprint density at radius 2 is 1.60 bits per heavy atom. The van der Waals surface area contributed by atoms with Crippen molar-refractivity contribution in [1.82, 2.24) is 5.16 Å². The average molecular weight is 515 g/mol. The lowest BCUT2D eigenvalue weighted by Gasteiger charge is -2.16. The number of carbonyl (C=O) groups is 2. The summed E-state index contributed by atoms with van der Waals surface area (Å²) in [6.07, 6.45) is 0. The summed E-state index contributed by atoms with van der Waals surface area (Å²) in [5.74, 6) is -0.901. The smallest absolute Gasteiger partial charge is 0.283 e. The zero-order valence-corrected chi connectivity index (χ0v) is 21.0. The van der Waals surface area contributed by atoms with Crippen LogP contribution in [-0.2, 0) is 19.6 Å². The second-order valence-electron chi connectivity index (χ2n) is 8.36. The number of halogens is 1. The molecule has 11 heteroatoms. The molecule has 3 aromatic rings. The lowest BCUT2D eigenvalue weighted by atomic mass is 10.0. The van der Waals surface area contributed by atoms with Crippen LogP contribution in [0.5, 0.6) is 0 Å². The molecule has 1 aliphatic heterocycles. The number of anilines is 3. The summed E-state index contributed by atoms with van der Waals surface area (Å²) >= 11 is 6.19. The maximum Gasteiger partial charge on any atom is 0.283 e. The molecule has 0 saturated carbocycles. The Morgan fingerprint density at radius 3 is 2.14 bits per heavy atom. The number of imide groups is 1. The van der Waals surface area contributed by atoms with Gasteiger partial charge < -0.3 is 9.84 Å². The van der Waals surface area contributed by atoms with Crippen LogP contribution in [0, 0.1) is 13.8 Å². The quantitative estimate of drug-likeness (QED) is 0.440. The van der Waals surface area contributed by atoms with E-state index >= 15 is 0 Å². The van der Waals surface area contributed by atoms with Crippen LogP contribution in [0.3, 0.4) is 0 Å². The maximum absolute atomic E-state index is 13.0. The van der Waals surface area contributed by atoms with Gasteiger partial charge in [0.15, 0.2) is 0 Å². The van der Waals surface area contributed by atoms with Crippen molar-refractivity contribution in [2.75, 3.05) is 14.9 Å². The minimum atomic E-state index is -3.93. The van der Waals surface area contributed by atoms with Crippen LogP contribution < -0.4 is 14.9 Å². The molecular weight excluding hydrogens is 492 g/mol. The Balaban J connectivity index is 1.51. The number of sulfonamides is 1. The molecule has 0 fully saturated rings. The Kier molecular flexibility index (Phi) is 6.44. The molecule has 2 amide bonds. The van der Waals surface area contributed by atoms with E-state index in [1.807, 2.05) is 26.0 Å². The zero-order chi connectivity index (χ0) is 25.5. The van der Waals surface area contributed by atoms with Gasteiger partial charge in [-0.05, 0) is 61.7 Å². The second kappa shape index (κ2) is 9.20. The molecule has 0 spiro atoms. The first-order valence-corrected chi connectivity index (χ1v) is 12.6. The fraction of sp³-hybridized carbons (Fsp3) is 0.208. The van der Waals surface area contributed by atoms with Crippen molar-refractivity contribution in [3.05, 3.63) is 76.1 Å². The van der Waals surface area contributed by atoms with Crippen LogP contribution in [0.1, 0.15) is 36.6 Å². The summed E-state index contributed by atoms with van der Waals surface area (Å²) in [6.45, 7) is 7.48. The number of rotatable bonds is 7. The summed E-state index contributed by atoms with van der Waals surface area (Å²) in [4.78, 5) is 26.7. The van der Waals surface area contributed by atoms with Crippen molar-refractivity contribution in [3.8, 4) is 0 Å². The predicted molar refractivity (Wildman–Crippen MR) is 133 cm³/mol. The minimum absolute atomic E-state index is 0.0303. The van der Waals surface area contributed by atoms with Gasteiger partial charge >= 0.3 is 0 Å². The van der Waals surface area contributed by atoms with Gasteiger partial charge in [0.2, 0.25) is 5.88 Å². The van der Waals surface area contributed by atoms with Crippen LogP contribution >= 0.6 is 11.6 Å². The molecule has 2 N–H and O–H groups in total. The molecule has 182 valence electrons. The minimum Gasteiger partial charge on any atom is -0.350 e. The van der Waals surface area contributed by atoms with E-state index < -0.39 is 21.8 Å². The highest BCUT2D eigenvalue weighted by molar-refractivity contribution is 7.92. The maximum atomic E-state index is 13.0. The van der Waals surface area contributed by atoms with Gasteiger partial charge in [0.1, 0.15) is 10.7 Å². The fourth-order valence-corrected chi connectivity index (χ4v) is 4.67. The largest absolute Gasteiger partial charge is 0.350 e. The van der Waals surface area contributed by atoms with E-state index in [-0.39, 0.29) is 21.5 Å². The van der Waals surface area contributed by atoms with Crippen molar-refractivity contribution in [1.29, 1.82) is 0 Å². The lowest BCUT2D eigenvalue weighted by Crippen LogP contribution is -2.32. The van der Waals surface area contributed by atoms with E-state index in [1.165, 1.54) is 24.3 Å². The molecule has 35 heavy (non-hydrogen) atoms. The highest BCUT2D eigenvalue weighted by Crippen LogP contribution is 2.31. The summed E-state index contributed by atoms with van der Waals surface area (Å²) in [5, 5.41) is 6.31. The third-order valence-electron chi connectivity index (χ3n) is 5.66. The highest BCUT2D eigenvalue weighted by Gasteiger charge is 2.39. The van der Waals surface area contributed by atoms with Gasteiger partial charge in [-0.1, -0.05) is 42.7 Å². The zero-order valence-electron chi connectivity index (χ0n) is 19.4. The molecule has 2 aromatic carbocycles. The van der Waals surface area contributed by atoms with Crippen LogP contribution in [0.15, 0.2) is 68.7 Å². The normalized spacial score (nSPS) is 14.3. The average Bonchev–Trinajstić information content (AvgIpc) is 3.24. The molecule has 1 aromatic heterocycles. The van der Waals surface area contributed by atoms with Gasteiger partial charge in [-0.25, -0.2) is 18.0 Å². The third-order valence-corrected chi connectivity index (χ3v) is 7.36. The number of aromatic nitrogens is 1. The molecule has 9 nitrogen and oxygen atoms in total. The summed E-state index contributed by atoms with van der Waals surface area (Å²) in [7, 11) is -3.93. The van der Waals surface area contributed by atoms with Crippen LogP contribution in [0.2, 0.25) is 0 Å². The van der Waals surface area contributed by atoms with Crippen molar-refractivity contribution >= 4 is 50.7 Å². The topological polar surface area (TPSA) is 122 Å². The van der Waals surface area contributed by atoms with E-state index in [1.54, 1.807) is 26.0 Å². The SMILES string of the molecule is Cc1noc(NS(=O)(=O)c2ccc(NC3=C(Cl)C(=O)N(c4ccc(C(C)C)cc4)C3=O)cc2)c1C. The molecule has 0 aliphatic carbocycles. The van der Waals surface area contributed by atoms with Gasteiger partial charge in [0.25, 0.3) is 21.8 Å². The molecule has 0 bridgehead atoms. The third kappa shape index (κ3) is 4.67. The van der Waals surface area contributed by atoms with E-state index in [0.717, 1.165) is 10.5 Å². The Labute approximate surface area is 207 Å². The van der Waals surface area contributed by atoms with Crippen molar-refractivity contribution in [2.45, 2.75) is 38.5 Å². The lowest BCUT2D eigenvalue weighted by molar-refractivity contribution is -0.120. The number of hydrogen-bond donors (Lipinski definition) is 2. The molecule has 0 saturated heterocycles. The summed E-state index contributed by atoms with van der Waals surface area (Å²) < 4.78 is 32.7. The molecule has 0 atom stereocenters.